The van der Waals surface area contributed by atoms with Gasteiger partial charge < -0.3 is 10.6 Å². The van der Waals surface area contributed by atoms with Crippen LogP contribution in [-0.2, 0) is 0 Å². The topological polar surface area (TPSA) is 54.0 Å². The van der Waals surface area contributed by atoms with E-state index in [0.717, 1.165) is 12.1 Å². The van der Waals surface area contributed by atoms with Gasteiger partial charge in [-0.25, -0.2) is 4.98 Å². The molecular formula is C14H21N3O. The molecule has 1 saturated carbocycles. The summed E-state index contributed by atoms with van der Waals surface area (Å²) >= 11 is 0. The van der Waals surface area contributed by atoms with E-state index < -0.39 is 0 Å². The number of aromatic nitrogens is 1. The molecule has 1 atom stereocenters. The molecule has 1 aliphatic carbocycles. The molecule has 0 saturated heterocycles. The van der Waals surface area contributed by atoms with E-state index in [4.69, 9.17) is 0 Å². The number of carbonyl (C=O) groups is 1. The minimum Gasteiger partial charge on any atom is -0.387 e. The Bertz CT molecular complexity index is 425. The Morgan fingerprint density at radius 3 is 2.72 bits per heavy atom. The first-order valence-electron chi connectivity index (χ1n) is 6.47. The number of nitrogens with one attached hydrogen (secondary N) is 2. The molecule has 1 unspecified atom stereocenters. The highest BCUT2D eigenvalue weighted by Gasteiger charge is 2.35. The van der Waals surface area contributed by atoms with E-state index in [2.05, 4.69) is 29.5 Å². The summed E-state index contributed by atoms with van der Waals surface area (Å²) in [6, 6.07) is 3.88. The number of hydrogen-bond acceptors (Lipinski definition) is 3. The van der Waals surface area contributed by atoms with Crippen molar-refractivity contribution in [2.45, 2.75) is 39.2 Å². The van der Waals surface area contributed by atoms with Gasteiger partial charge in [-0.2, -0.15) is 0 Å². The number of hydrogen-bond donors (Lipinski definition) is 2. The number of carbonyl (C=O) groups excluding carboxylic acids is 1. The number of pyridine rings is 1. The molecule has 2 N–H and O–H groups in total. The predicted octanol–water partition coefficient (Wildman–Crippen LogP) is 2.43. The van der Waals surface area contributed by atoms with Crippen LogP contribution in [0.15, 0.2) is 18.3 Å². The summed E-state index contributed by atoms with van der Waals surface area (Å²) in [5.74, 6) is -0.0716. The average molecular weight is 247 g/mol. The molecule has 0 bridgehead atoms. The number of amides is 1. The van der Waals surface area contributed by atoms with Crippen molar-refractivity contribution < 1.29 is 4.79 Å². The standard InChI is InChI=1S/C14H21N3O/c1-14(2)8-4-5-12(14)17-13(18)11-7-6-10(15-3)9-16-11/h6-7,9,12,15H,4-5,8H2,1-3H3,(H,17,18). The van der Waals surface area contributed by atoms with Gasteiger partial charge in [-0.15, -0.1) is 0 Å². The first-order valence-corrected chi connectivity index (χ1v) is 6.47. The smallest absolute Gasteiger partial charge is 0.270 e. The molecule has 0 spiro atoms. The predicted molar refractivity (Wildman–Crippen MR) is 72.7 cm³/mol. The van der Waals surface area contributed by atoms with E-state index >= 15 is 0 Å². The molecule has 0 aliphatic heterocycles. The molecule has 4 nitrogen and oxygen atoms in total. The molecule has 0 radical (unpaired) electrons. The summed E-state index contributed by atoms with van der Waals surface area (Å²) in [4.78, 5) is 16.3. The molecule has 98 valence electrons. The Balaban J connectivity index is 2.03. The van der Waals surface area contributed by atoms with Crippen LogP contribution >= 0.6 is 0 Å². The lowest BCUT2D eigenvalue weighted by molar-refractivity contribution is 0.0905. The molecule has 2 rings (SSSR count). The van der Waals surface area contributed by atoms with Gasteiger partial charge in [-0.3, -0.25) is 4.79 Å². The Kier molecular flexibility index (Phi) is 3.55. The van der Waals surface area contributed by atoms with Crippen LogP contribution in [0.1, 0.15) is 43.6 Å². The van der Waals surface area contributed by atoms with Crippen molar-refractivity contribution in [2.24, 2.45) is 5.41 Å². The van der Waals surface area contributed by atoms with Gasteiger partial charge in [-0.05, 0) is 30.4 Å². The third kappa shape index (κ3) is 2.63. The van der Waals surface area contributed by atoms with Crippen LogP contribution in [0.2, 0.25) is 0 Å². The maximum atomic E-state index is 12.1. The van der Waals surface area contributed by atoms with Crippen molar-refractivity contribution in [1.29, 1.82) is 0 Å². The van der Waals surface area contributed by atoms with Crippen LogP contribution in [0.25, 0.3) is 0 Å². The molecule has 4 heteroatoms. The molecule has 1 aromatic rings. The summed E-state index contributed by atoms with van der Waals surface area (Å²) < 4.78 is 0. The first kappa shape index (κ1) is 12.9. The van der Waals surface area contributed by atoms with Crippen molar-refractivity contribution in [2.75, 3.05) is 12.4 Å². The highest BCUT2D eigenvalue weighted by molar-refractivity contribution is 5.92. The van der Waals surface area contributed by atoms with E-state index in [-0.39, 0.29) is 17.4 Å². The highest BCUT2D eigenvalue weighted by Crippen LogP contribution is 2.37. The monoisotopic (exact) mass is 247 g/mol. The largest absolute Gasteiger partial charge is 0.387 e. The summed E-state index contributed by atoms with van der Waals surface area (Å²) in [7, 11) is 1.83. The number of nitrogens with zero attached hydrogens (tertiary/aromatic N) is 1. The lowest BCUT2D eigenvalue weighted by Gasteiger charge is -2.27. The van der Waals surface area contributed by atoms with Gasteiger partial charge in [-0.1, -0.05) is 20.3 Å². The third-order valence-corrected chi connectivity index (χ3v) is 3.85. The first-order chi connectivity index (χ1) is 8.53. The van der Waals surface area contributed by atoms with Crippen molar-refractivity contribution in [1.82, 2.24) is 10.3 Å². The molecule has 18 heavy (non-hydrogen) atoms. The summed E-state index contributed by atoms with van der Waals surface area (Å²) in [5.41, 5.74) is 1.59. The molecule has 1 aliphatic rings. The normalized spacial score (nSPS) is 21.6. The van der Waals surface area contributed by atoms with Gasteiger partial charge in [0.2, 0.25) is 0 Å². The van der Waals surface area contributed by atoms with Crippen LogP contribution in [0, 0.1) is 5.41 Å². The van der Waals surface area contributed by atoms with Crippen molar-refractivity contribution >= 4 is 11.6 Å². The average Bonchev–Trinajstić information content (AvgIpc) is 2.69. The van der Waals surface area contributed by atoms with Crippen LogP contribution in [0.5, 0.6) is 0 Å². The fourth-order valence-corrected chi connectivity index (χ4v) is 2.50. The zero-order chi connectivity index (χ0) is 13.2. The molecule has 0 aromatic carbocycles. The van der Waals surface area contributed by atoms with Crippen molar-refractivity contribution in [3.63, 3.8) is 0 Å². The second-order valence-electron chi connectivity index (χ2n) is 5.59. The van der Waals surface area contributed by atoms with Crippen LogP contribution in [0.4, 0.5) is 5.69 Å². The van der Waals surface area contributed by atoms with Gasteiger partial charge >= 0.3 is 0 Å². The lowest BCUT2D eigenvalue weighted by Crippen LogP contribution is -2.41. The van der Waals surface area contributed by atoms with E-state index in [1.165, 1.54) is 12.8 Å². The second kappa shape index (κ2) is 4.96. The van der Waals surface area contributed by atoms with E-state index in [9.17, 15) is 4.79 Å². The molecule has 1 aromatic heterocycles. The van der Waals surface area contributed by atoms with Gasteiger partial charge in [0.25, 0.3) is 5.91 Å². The Labute approximate surface area is 108 Å². The van der Waals surface area contributed by atoms with E-state index in [1.807, 2.05) is 13.1 Å². The summed E-state index contributed by atoms with van der Waals surface area (Å²) in [6.45, 7) is 4.42. The van der Waals surface area contributed by atoms with Crippen molar-refractivity contribution in [3.05, 3.63) is 24.0 Å². The Morgan fingerprint density at radius 1 is 1.44 bits per heavy atom. The maximum Gasteiger partial charge on any atom is 0.270 e. The zero-order valence-corrected chi connectivity index (χ0v) is 11.3. The SMILES string of the molecule is CNc1ccc(C(=O)NC2CCCC2(C)C)nc1. The minimum absolute atomic E-state index is 0.0716. The second-order valence-corrected chi connectivity index (χ2v) is 5.59. The van der Waals surface area contributed by atoms with E-state index in [1.54, 1.807) is 12.3 Å². The fourth-order valence-electron chi connectivity index (χ4n) is 2.50. The Hall–Kier alpha value is -1.58. The van der Waals surface area contributed by atoms with Crippen LogP contribution < -0.4 is 10.6 Å². The molecule has 1 heterocycles. The minimum atomic E-state index is -0.0716. The summed E-state index contributed by atoms with van der Waals surface area (Å²) in [6.07, 6.45) is 5.09. The van der Waals surface area contributed by atoms with Crippen molar-refractivity contribution in [3.8, 4) is 0 Å². The number of anilines is 1. The lowest BCUT2D eigenvalue weighted by atomic mass is 9.87. The zero-order valence-electron chi connectivity index (χ0n) is 11.3. The van der Waals surface area contributed by atoms with E-state index in [0.29, 0.717) is 5.69 Å². The highest BCUT2D eigenvalue weighted by atomic mass is 16.1. The quantitative estimate of drug-likeness (QED) is 0.862. The van der Waals surface area contributed by atoms with Crippen LogP contribution in [0.3, 0.4) is 0 Å². The van der Waals surface area contributed by atoms with Gasteiger partial charge in [0, 0.05) is 13.1 Å². The molecular weight excluding hydrogens is 226 g/mol. The van der Waals surface area contributed by atoms with Gasteiger partial charge in [0.15, 0.2) is 0 Å². The Morgan fingerprint density at radius 2 is 2.22 bits per heavy atom. The maximum absolute atomic E-state index is 12.1. The molecule has 1 amide bonds. The summed E-state index contributed by atoms with van der Waals surface area (Å²) in [5, 5.41) is 6.09. The van der Waals surface area contributed by atoms with Gasteiger partial charge in [0.1, 0.15) is 5.69 Å². The fraction of sp³-hybridized carbons (Fsp3) is 0.571. The molecule has 1 fully saturated rings. The van der Waals surface area contributed by atoms with Crippen LogP contribution in [-0.4, -0.2) is 24.0 Å². The van der Waals surface area contributed by atoms with Gasteiger partial charge in [0.05, 0.1) is 11.9 Å². The third-order valence-electron chi connectivity index (χ3n) is 3.85. The number of rotatable bonds is 3.